The predicted octanol–water partition coefficient (Wildman–Crippen LogP) is 4.39. The van der Waals surface area contributed by atoms with Crippen LogP contribution in [-0.2, 0) is 0 Å². The topological polar surface area (TPSA) is 46.5 Å². The van der Waals surface area contributed by atoms with Gasteiger partial charge < -0.3 is 9.84 Å². The van der Waals surface area contributed by atoms with E-state index in [4.69, 9.17) is 9.84 Å². The summed E-state index contributed by atoms with van der Waals surface area (Å²) in [5, 5.41) is 8.90. The van der Waals surface area contributed by atoms with E-state index in [0.29, 0.717) is 21.5 Å². The van der Waals surface area contributed by atoms with Crippen molar-refractivity contribution >= 4 is 21.9 Å². The smallest absolute Gasteiger partial charge is 0.336 e. The van der Waals surface area contributed by atoms with Crippen molar-refractivity contribution < 1.29 is 19.0 Å². The van der Waals surface area contributed by atoms with Crippen molar-refractivity contribution in [2.24, 2.45) is 0 Å². The van der Waals surface area contributed by atoms with Gasteiger partial charge in [0.1, 0.15) is 17.3 Å². The molecule has 2 aromatic carbocycles. The van der Waals surface area contributed by atoms with E-state index in [1.54, 1.807) is 25.1 Å². The third kappa shape index (κ3) is 3.12. The van der Waals surface area contributed by atoms with Crippen molar-refractivity contribution in [3.63, 3.8) is 0 Å². The van der Waals surface area contributed by atoms with Gasteiger partial charge in [-0.25, -0.2) is 9.18 Å². The highest BCUT2D eigenvalue weighted by Gasteiger charge is 2.09. The van der Waals surface area contributed by atoms with E-state index in [1.807, 2.05) is 0 Å². The van der Waals surface area contributed by atoms with Crippen molar-refractivity contribution in [3.05, 3.63) is 57.8 Å². The van der Waals surface area contributed by atoms with E-state index in [-0.39, 0.29) is 11.4 Å². The second-order valence-electron chi connectivity index (χ2n) is 3.96. The van der Waals surface area contributed by atoms with Crippen LogP contribution in [0.15, 0.2) is 40.9 Å². The summed E-state index contributed by atoms with van der Waals surface area (Å²) in [6, 6.07) is 8.97. The number of carboxylic acid groups (broad SMARTS) is 1. The highest BCUT2D eigenvalue weighted by molar-refractivity contribution is 9.10. The van der Waals surface area contributed by atoms with Crippen LogP contribution in [0, 0.1) is 12.7 Å². The summed E-state index contributed by atoms with van der Waals surface area (Å²) in [7, 11) is 0. The van der Waals surface area contributed by atoms with Crippen molar-refractivity contribution in [1.29, 1.82) is 0 Å². The summed E-state index contributed by atoms with van der Waals surface area (Å²) < 4.78 is 19.1. The first-order valence-corrected chi connectivity index (χ1v) is 6.23. The fourth-order valence-electron chi connectivity index (χ4n) is 1.55. The lowest BCUT2D eigenvalue weighted by molar-refractivity contribution is 0.0696. The molecule has 0 aliphatic heterocycles. The Bertz CT molecular complexity index is 641. The van der Waals surface area contributed by atoms with Crippen LogP contribution in [0.25, 0.3) is 0 Å². The van der Waals surface area contributed by atoms with E-state index in [1.165, 1.54) is 18.2 Å². The maximum absolute atomic E-state index is 13.1. The van der Waals surface area contributed by atoms with Gasteiger partial charge in [0.2, 0.25) is 0 Å². The van der Waals surface area contributed by atoms with Crippen LogP contribution >= 0.6 is 15.9 Å². The molecule has 0 fully saturated rings. The maximum Gasteiger partial charge on any atom is 0.336 e. The number of aryl methyl sites for hydroxylation is 1. The summed E-state index contributed by atoms with van der Waals surface area (Å²) in [6.45, 7) is 1.64. The highest BCUT2D eigenvalue weighted by atomic mass is 79.9. The lowest BCUT2D eigenvalue weighted by Crippen LogP contribution is -1.97. The summed E-state index contributed by atoms with van der Waals surface area (Å²) in [6.07, 6.45) is 0. The molecular weight excluding hydrogens is 315 g/mol. The first-order chi connectivity index (χ1) is 8.97. The van der Waals surface area contributed by atoms with Crippen LogP contribution in [0.5, 0.6) is 11.5 Å². The Balaban J connectivity index is 2.26. The summed E-state index contributed by atoms with van der Waals surface area (Å²) in [5.74, 6) is -0.345. The van der Waals surface area contributed by atoms with Gasteiger partial charge in [-0.2, -0.15) is 0 Å². The fraction of sp³-hybridized carbons (Fsp3) is 0.0714. The molecule has 0 aliphatic rings. The van der Waals surface area contributed by atoms with E-state index < -0.39 is 5.97 Å². The number of halogens is 2. The molecule has 0 atom stereocenters. The number of rotatable bonds is 3. The molecule has 2 aromatic rings. The maximum atomic E-state index is 13.1. The zero-order valence-corrected chi connectivity index (χ0v) is 11.6. The molecule has 2 rings (SSSR count). The van der Waals surface area contributed by atoms with Gasteiger partial charge in [0.15, 0.2) is 0 Å². The van der Waals surface area contributed by atoms with Crippen LogP contribution in [0.1, 0.15) is 15.9 Å². The predicted molar refractivity (Wildman–Crippen MR) is 72.3 cm³/mol. The van der Waals surface area contributed by atoms with E-state index >= 15 is 0 Å². The van der Waals surface area contributed by atoms with E-state index in [2.05, 4.69) is 15.9 Å². The van der Waals surface area contributed by atoms with Crippen molar-refractivity contribution in [2.45, 2.75) is 6.92 Å². The lowest BCUT2D eigenvalue weighted by Gasteiger charge is -2.08. The van der Waals surface area contributed by atoms with Gasteiger partial charge in [0, 0.05) is 4.47 Å². The molecule has 0 heterocycles. The van der Waals surface area contributed by atoms with Gasteiger partial charge in [-0.05, 0) is 64.8 Å². The zero-order valence-electron chi connectivity index (χ0n) is 9.98. The molecule has 0 amide bonds. The summed E-state index contributed by atoms with van der Waals surface area (Å²) >= 11 is 3.17. The van der Waals surface area contributed by atoms with Crippen molar-refractivity contribution in [3.8, 4) is 11.5 Å². The first kappa shape index (κ1) is 13.5. The number of hydrogen-bond donors (Lipinski definition) is 1. The molecule has 19 heavy (non-hydrogen) atoms. The number of hydrogen-bond acceptors (Lipinski definition) is 2. The van der Waals surface area contributed by atoms with Gasteiger partial charge in [0.25, 0.3) is 0 Å². The fourth-order valence-corrected chi connectivity index (χ4v) is 2.08. The Morgan fingerprint density at radius 3 is 2.42 bits per heavy atom. The molecule has 5 heteroatoms. The Hall–Kier alpha value is -1.88. The number of carbonyl (C=O) groups is 1. The minimum atomic E-state index is -1.02. The molecule has 98 valence electrons. The van der Waals surface area contributed by atoms with E-state index in [9.17, 15) is 9.18 Å². The van der Waals surface area contributed by atoms with Gasteiger partial charge in [-0.1, -0.05) is 0 Å². The number of ether oxygens (including phenoxy) is 1. The third-order valence-electron chi connectivity index (χ3n) is 2.54. The van der Waals surface area contributed by atoms with Gasteiger partial charge in [-0.3, -0.25) is 0 Å². The normalized spacial score (nSPS) is 10.3. The average Bonchev–Trinajstić information content (AvgIpc) is 2.33. The average molecular weight is 325 g/mol. The third-order valence-corrected chi connectivity index (χ3v) is 3.19. The zero-order chi connectivity index (χ0) is 14.0. The molecule has 0 unspecified atom stereocenters. The molecule has 0 saturated heterocycles. The minimum absolute atomic E-state index is 0.155. The molecular formula is C14H10BrFO3. The monoisotopic (exact) mass is 324 g/mol. The SMILES string of the molecule is Cc1cc(Oc2ccc(C(=O)O)c(Br)c2)ccc1F. The molecule has 0 saturated carbocycles. The largest absolute Gasteiger partial charge is 0.478 e. The van der Waals surface area contributed by atoms with Crippen molar-refractivity contribution in [2.75, 3.05) is 0 Å². The minimum Gasteiger partial charge on any atom is -0.478 e. The van der Waals surface area contributed by atoms with Crippen LogP contribution < -0.4 is 4.74 Å². The standard InChI is InChI=1S/C14H10BrFO3/c1-8-6-9(3-5-13(8)16)19-10-2-4-11(14(17)18)12(15)7-10/h2-7H,1H3,(H,17,18). The Kier molecular flexibility index (Phi) is 3.85. The van der Waals surface area contributed by atoms with Crippen molar-refractivity contribution in [1.82, 2.24) is 0 Å². The molecule has 0 bridgehead atoms. The number of aromatic carboxylic acids is 1. The summed E-state index contributed by atoms with van der Waals surface area (Å²) in [4.78, 5) is 10.9. The van der Waals surface area contributed by atoms with Gasteiger partial charge in [0.05, 0.1) is 5.56 Å². The Labute approximate surface area is 117 Å². The second-order valence-corrected chi connectivity index (χ2v) is 4.81. The summed E-state index contributed by atoms with van der Waals surface area (Å²) in [5.41, 5.74) is 0.640. The van der Waals surface area contributed by atoms with Crippen LogP contribution in [0.2, 0.25) is 0 Å². The lowest BCUT2D eigenvalue weighted by atomic mass is 10.2. The Morgan fingerprint density at radius 2 is 1.84 bits per heavy atom. The molecule has 0 aromatic heterocycles. The number of carboxylic acids is 1. The van der Waals surface area contributed by atoms with Gasteiger partial charge in [-0.15, -0.1) is 0 Å². The molecule has 3 nitrogen and oxygen atoms in total. The molecule has 0 spiro atoms. The number of benzene rings is 2. The molecule has 0 aliphatic carbocycles. The second kappa shape index (κ2) is 5.40. The quantitative estimate of drug-likeness (QED) is 0.910. The molecule has 1 N–H and O–H groups in total. The molecule has 0 radical (unpaired) electrons. The highest BCUT2D eigenvalue weighted by Crippen LogP contribution is 2.28. The van der Waals surface area contributed by atoms with Crippen LogP contribution in [-0.4, -0.2) is 11.1 Å². The van der Waals surface area contributed by atoms with Gasteiger partial charge >= 0.3 is 5.97 Å². The van der Waals surface area contributed by atoms with Crippen LogP contribution in [0.4, 0.5) is 4.39 Å². The van der Waals surface area contributed by atoms with Crippen LogP contribution in [0.3, 0.4) is 0 Å². The Morgan fingerprint density at radius 1 is 1.21 bits per heavy atom. The first-order valence-electron chi connectivity index (χ1n) is 5.44. The van der Waals surface area contributed by atoms with E-state index in [0.717, 1.165) is 0 Å².